The fraction of sp³-hybridized carbons (Fsp3) is 0.471. The molecule has 1 N–H and O–H groups in total. The fourth-order valence-electron chi connectivity index (χ4n) is 2.51. The molecule has 1 saturated carbocycles. The maximum absolute atomic E-state index is 4.58. The molecule has 0 saturated heterocycles. The van der Waals surface area contributed by atoms with Crippen LogP contribution in [0.25, 0.3) is 11.1 Å². The number of nitrogens with one attached hydrogen (secondary N) is 1. The van der Waals surface area contributed by atoms with E-state index in [0.29, 0.717) is 5.92 Å². The highest BCUT2D eigenvalue weighted by Crippen LogP contribution is 2.28. The van der Waals surface area contributed by atoms with Crippen LogP contribution in [-0.4, -0.2) is 15.8 Å². The topological polar surface area (TPSA) is 29.9 Å². The van der Waals surface area contributed by atoms with Gasteiger partial charge >= 0.3 is 0 Å². The number of rotatable bonds is 5. The number of nitrogens with zero attached hydrogens (tertiary/aromatic N) is 2. The number of hydrogen-bond donors (Lipinski definition) is 1. The third-order valence-corrected chi connectivity index (χ3v) is 3.84. The first-order valence-corrected chi connectivity index (χ1v) is 7.49. The molecule has 0 bridgehead atoms. The highest BCUT2D eigenvalue weighted by molar-refractivity contribution is 5.66. The molecule has 0 unspecified atom stereocenters. The molecular weight excluding hydrogens is 246 g/mol. The molecule has 0 amide bonds. The summed E-state index contributed by atoms with van der Waals surface area (Å²) in [5.74, 6) is 0.447. The summed E-state index contributed by atoms with van der Waals surface area (Å²) in [4.78, 5) is 0. The Morgan fingerprint density at radius 2 is 1.95 bits per heavy atom. The molecule has 0 atom stereocenters. The summed E-state index contributed by atoms with van der Waals surface area (Å²) in [7, 11) is 1.99. The predicted molar refractivity (Wildman–Crippen MR) is 82.6 cm³/mol. The van der Waals surface area contributed by atoms with Gasteiger partial charge in [-0.2, -0.15) is 5.10 Å². The van der Waals surface area contributed by atoms with Crippen LogP contribution in [0.2, 0.25) is 0 Å². The third kappa shape index (κ3) is 2.93. The van der Waals surface area contributed by atoms with Gasteiger partial charge in [0, 0.05) is 31.4 Å². The molecule has 1 heterocycles. The normalized spacial score (nSPS) is 15.0. The summed E-state index contributed by atoms with van der Waals surface area (Å²) in [6.45, 7) is 5.37. The first-order valence-electron chi connectivity index (χ1n) is 7.49. The maximum atomic E-state index is 4.58. The van der Waals surface area contributed by atoms with Crippen LogP contribution >= 0.6 is 0 Å². The van der Waals surface area contributed by atoms with Crippen LogP contribution in [0.15, 0.2) is 30.5 Å². The van der Waals surface area contributed by atoms with Crippen molar-refractivity contribution in [2.45, 2.75) is 45.2 Å². The number of benzene rings is 1. The van der Waals surface area contributed by atoms with Crippen molar-refractivity contribution < 1.29 is 0 Å². The lowest BCUT2D eigenvalue weighted by Gasteiger charge is -2.07. The second kappa shape index (κ2) is 5.41. The van der Waals surface area contributed by atoms with Gasteiger partial charge in [0.2, 0.25) is 0 Å². The molecule has 1 aliphatic carbocycles. The average molecular weight is 269 g/mol. The zero-order valence-electron chi connectivity index (χ0n) is 12.6. The van der Waals surface area contributed by atoms with Crippen molar-refractivity contribution in [1.82, 2.24) is 15.1 Å². The summed E-state index contributed by atoms with van der Waals surface area (Å²) in [5, 5.41) is 8.13. The van der Waals surface area contributed by atoms with Gasteiger partial charge in [-0.15, -0.1) is 0 Å². The number of aromatic nitrogens is 2. The molecule has 20 heavy (non-hydrogen) atoms. The van der Waals surface area contributed by atoms with Crippen LogP contribution < -0.4 is 5.32 Å². The zero-order chi connectivity index (χ0) is 14.1. The van der Waals surface area contributed by atoms with Crippen LogP contribution in [0.4, 0.5) is 0 Å². The van der Waals surface area contributed by atoms with Gasteiger partial charge in [0.25, 0.3) is 0 Å². The lowest BCUT2D eigenvalue weighted by atomic mass is 9.99. The van der Waals surface area contributed by atoms with E-state index in [9.17, 15) is 0 Å². The minimum atomic E-state index is 0.447. The second-order valence-electron chi connectivity index (χ2n) is 6.11. The van der Waals surface area contributed by atoms with Crippen molar-refractivity contribution in [1.29, 1.82) is 0 Å². The molecule has 0 aliphatic heterocycles. The summed E-state index contributed by atoms with van der Waals surface area (Å²) in [5.41, 5.74) is 5.05. The smallest absolute Gasteiger partial charge is 0.0728 e. The predicted octanol–water partition coefficient (Wildman–Crippen LogP) is 3.46. The van der Waals surface area contributed by atoms with Crippen molar-refractivity contribution >= 4 is 0 Å². The Kier molecular flexibility index (Phi) is 3.62. The molecule has 3 heteroatoms. The van der Waals surface area contributed by atoms with Gasteiger partial charge in [-0.1, -0.05) is 38.1 Å². The standard InChI is InChI=1S/C17H23N3/c1-12(2)17-16(11-20(3)19-17)14-6-4-13(5-7-14)10-18-15-8-9-15/h4-7,11-12,15,18H,8-10H2,1-3H3. The third-order valence-electron chi connectivity index (χ3n) is 3.84. The molecule has 1 aromatic heterocycles. The van der Waals surface area contributed by atoms with Crippen LogP contribution in [0.1, 0.15) is 43.9 Å². The van der Waals surface area contributed by atoms with Crippen LogP contribution in [0.3, 0.4) is 0 Å². The quantitative estimate of drug-likeness (QED) is 0.901. The molecule has 2 aromatic rings. The van der Waals surface area contributed by atoms with Crippen molar-refractivity contribution in [2.75, 3.05) is 0 Å². The molecule has 3 nitrogen and oxygen atoms in total. The first kappa shape index (κ1) is 13.4. The molecule has 1 aliphatic rings. The monoisotopic (exact) mass is 269 g/mol. The van der Waals surface area contributed by atoms with Gasteiger partial charge in [-0.05, 0) is 29.9 Å². The van der Waals surface area contributed by atoms with E-state index < -0.39 is 0 Å². The van der Waals surface area contributed by atoms with Crippen LogP contribution in [0.5, 0.6) is 0 Å². The average Bonchev–Trinajstić information content (AvgIpc) is 3.18. The Labute approximate surface area is 121 Å². The van der Waals surface area contributed by atoms with E-state index in [4.69, 9.17) is 0 Å². The van der Waals surface area contributed by atoms with E-state index in [0.717, 1.165) is 12.6 Å². The van der Waals surface area contributed by atoms with Gasteiger partial charge in [-0.25, -0.2) is 0 Å². The van der Waals surface area contributed by atoms with E-state index >= 15 is 0 Å². The maximum Gasteiger partial charge on any atom is 0.0728 e. The number of hydrogen-bond acceptors (Lipinski definition) is 2. The highest BCUT2D eigenvalue weighted by Gasteiger charge is 2.20. The van der Waals surface area contributed by atoms with E-state index in [2.05, 4.69) is 54.7 Å². The summed E-state index contributed by atoms with van der Waals surface area (Å²) in [6.07, 6.45) is 4.80. The Hall–Kier alpha value is -1.61. The van der Waals surface area contributed by atoms with Gasteiger partial charge in [0.15, 0.2) is 0 Å². The van der Waals surface area contributed by atoms with Crippen molar-refractivity contribution in [2.24, 2.45) is 7.05 Å². The second-order valence-corrected chi connectivity index (χ2v) is 6.11. The molecule has 0 spiro atoms. The summed E-state index contributed by atoms with van der Waals surface area (Å²) in [6, 6.07) is 9.64. The van der Waals surface area contributed by atoms with Crippen LogP contribution in [0, 0.1) is 0 Å². The molecule has 1 aromatic carbocycles. The lowest BCUT2D eigenvalue weighted by Crippen LogP contribution is -2.15. The minimum absolute atomic E-state index is 0.447. The van der Waals surface area contributed by atoms with Gasteiger partial charge in [-0.3, -0.25) is 4.68 Å². The van der Waals surface area contributed by atoms with Gasteiger partial charge in [0.05, 0.1) is 5.69 Å². The highest BCUT2D eigenvalue weighted by atomic mass is 15.3. The Balaban J connectivity index is 1.79. The molecule has 1 fully saturated rings. The molecule has 3 rings (SSSR count). The molecule has 0 radical (unpaired) electrons. The zero-order valence-corrected chi connectivity index (χ0v) is 12.6. The molecule has 106 valence electrons. The van der Waals surface area contributed by atoms with Crippen LogP contribution in [-0.2, 0) is 13.6 Å². The summed E-state index contributed by atoms with van der Waals surface area (Å²) < 4.78 is 1.91. The first-order chi connectivity index (χ1) is 9.63. The van der Waals surface area contributed by atoms with Gasteiger partial charge < -0.3 is 5.32 Å². The van der Waals surface area contributed by atoms with E-state index in [1.807, 2.05) is 11.7 Å². The Morgan fingerprint density at radius 1 is 1.25 bits per heavy atom. The van der Waals surface area contributed by atoms with E-state index in [1.54, 1.807) is 0 Å². The van der Waals surface area contributed by atoms with Gasteiger partial charge in [0.1, 0.15) is 0 Å². The van der Waals surface area contributed by atoms with Crippen molar-refractivity contribution in [3.05, 3.63) is 41.7 Å². The molecular formula is C17H23N3. The van der Waals surface area contributed by atoms with Crippen molar-refractivity contribution in [3.63, 3.8) is 0 Å². The van der Waals surface area contributed by atoms with Crippen molar-refractivity contribution in [3.8, 4) is 11.1 Å². The van der Waals surface area contributed by atoms with E-state index in [1.165, 1.54) is 35.2 Å². The fourth-order valence-corrected chi connectivity index (χ4v) is 2.51. The number of aryl methyl sites for hydroxylation is 1. The Morgan fingerprint density at radius 3 is 2.55 bits per heavy atom. The lowest BCUT2D eigenvalue weighted by molar-refractivity contribution is 0.688. The minimum Gasteiger partial charge on any atom is -0.310 e. The van der Waals surface area contributed by atoms with E-state index in [-0.39, 0.29) is 0 Å². The SMILES string of the molecule is CC(C)c1nn(C)cc1-c1ccc(CNC2CC2)cc1. The Bertz CT molecular complexity index is 577. The summed E-state index contributed by atoms with van der Waals surface area (Å²) >= 11 is 0. The largest absolute Gasteiger partial charge is 0.310 e.